The van der Waals surface area contributed by atoms with Crippen LogP contribution in [-0.4, -0.2) is 19.0 Å². The fraction of sp³-hybridized carbons (Fsp3) is 0.375. The maximum Gasteiger partial charge on any atom is 0.244 e. The minimum absolute atomic E-state index is 0.343. The second kappa shape index (κ2) is 9.40. The van der Waals surface area contributed by atoms with Crippen molar-refractivity contribution in [3.05, 3.63) is 75.9 Å². The normalized spacial score (nSPS) is 21.8. The lowest BCUT2D eigenvalue weighted by atomic mass is 9.80. The van der Waals surface area contributed by atoms with Crippen molar-refractivity contribution < 1.29 is 4.79 Å². The van der Waals surface area contributed by atoms with Crippen LogP contribution in [0.5, 0.6) is 0 Å². The topological polar surface area (TPSA) is 55.1 Å². The monoisotopic (exact) mass is 396 g/mol. The van der Waals surface area contributed by atoms with E-state index in [0.717, 1.165) is 67.5 Å². The fourth-order valence-corrected chi connectivity index (χ4v) is 4.23. The first-order chi connectivity index (χ1) is 13.5. The number of hydrogen-bond donors (Lipinski definition) is 2. The number of benzene rings is 1. The molecule has 1 saturated heterocycles. The number of hydrogen-bond acceptors (Lipinski definition) is 2. The van der Waals surface area contributed by atoms with Crippen molar-refractivity contribution in [3.8, 4) is 0 Å². The number of amides is 1. The predicted octanol–water partition coefficient (Wildman–Crippen LogP) is 5.19. The Balaban J connectivity index is 2.08. The number of carbonyl (C=O) groups is 1. The molecular weight excluding hydrogens is 368 g/mol. The molecule has 1 amide bonds. The Bertz CT molecular complexity index is 840. The van der Waals surface area contributed by atoms with Gasteiger partial charge in [-0.25, -0.2) is 0 Å². The molecule has 1 aromatic carbocycles. The van der Waals surface area contributed by atoms with E-state index >= 15 is 0 Å². The highest BCUT2D eigenvalue weighted by molar-refractivity contribution is 6.30. The van der Waals surface area contributed by atoms with E-state index in [1.807, 2.05) is 31.2 Å². The predicted molar refractivity (Wildman–Crippen MR) is 118 cm³/mol. The van der Waals surface area contributed by atoms with Crippen LogP contribution in [0.1, 0.15) is 44.6 Å². The molecule has 3 rings (SSSR count). The number of primary amides is 1. The Kier molecular flexibility index (Phi) is 6.93. The molecule has 0 saturated carbocycles. The molecule has 0 unspecified atom stereocenters. The molecule has 4 heteroatoms. The van der Waals surface area contributed by atoms with Gasteiger partial charge in [0.15, 0.2) is 0 Å². The molecule has 1 heterocycles. The molecule has 1 aliphatic carbocycles. The molecule has 0 atom stereocenters. The number of nitrogens with two attached hydrogens (primary N) is 1. The van der Waals surface area contributed by atoms with Gasteiger partial charge in [-0.05, 0) is 104 Å². The number of nitrogens with one attached hydrogen (secondary N) is 1. The van der Waals surface area contributed by atoms with Gasteiger partial charge in [0.25, 0.3) is 0 Å². The average Bonchev–Trinajstić information content (AvgIpc) is 2.91. The SMILES string of the molecule is C=C(/C=C1/C(C2CCNCC2)=CCCC/C1=C(/C)C(N)=O)c1ccc(Cl)cc1. The number of rotatable bonds is 4. The summed E-state index contributed by atoms with van der Waals surface area (Å²) in [6, 6.07) is 7.72. The smallest absolute Gasteiger partial charge is 0.244 e. The van der Waals surface area contributed by atoms with Crippen LogP contribution in [0.25, 0.3) is 5.57 Å². The number of halogens is 1. The largest absolute Gasteiger partial charge is 0.366 e. The number of piperidine rings is 1. The van der Waals surface area contributed by atoms with Gasteiger partial charge in [-0.2, -0.15) is 0 Å². The van der Waals surface area contributed by atoms with Crippen molar-refractivity contribution in [2.75, 3.05) is 13.1 Å². The van der Waals surface area contributed by atoms with E-state index in [1.54, 1.807) is 0 Å². The van der Waals surface area contributed by atoms with E-state index < -0.39 is 0 Å². The highest BCUT2D eigenvalue weighted by Gasteiger charge is 2.25. The van der Waals surface area contributed by atoms with Crippen LogP contribution < -0.4 is 11.1 Å². The summed E-state index contributed by atoms with van der Waals surface area (Å²) in [4.78, 5) is 12.0. The Morgan fingerprint density at radius 2 is 1.93 bits per heavy atom. The molecule has 1 aliphatic heterocycles. The van der Waals surface area contributed by atoms with Gasteiger partial charge in [-0.3, -0.25) is 4.79 Å². The average molecular weight is 397 g/mol. The van der Waals surface area contributed by atoms with Crippen molar-refractivity contribution in [1.29, 1.82) is 0 Å². The maximum atomic E-state index is 12.0. The second-order valence-electron chi connectivity index (χ2n) is 7.63. The van der Waals surface area contributed by atoms with Gasteiger partial charge >= 0.3 is 0 Å². The van der Waals surface area contributed by atoms with Crippen LogP contribution in [0.3, 0.4) is 0 Å². The van der Waals surface area contributed by atoms with Gasteiger partial charge in [0.05, 0.1) is 0 Å². The van der Waals surface area contributed by atoms with E-state index in [-0.39, 0.29) is 5.91 Å². The van der Waals surface area contributed by atoms with Crippen molar-refractivity contribution in [2.45, 2.75) is 39.0 Å². The first-order valence-corrected chi connectivity index (χ1v) is 10.4. The van der Waals surface area contributed by atoms with Gasteiger partial charge in [-0.1, -0.05) is 36.4 Å². The Morgan fingerprint density at radius 3 is 2.57 bits per heavy atom. The number of allylic oxidation sites excluding steroid dienone is 6. The van der Waals surface area contributed by atoms with Crippen molar-refractivity contribution in [1.82, 2.24) is 5.32 Å². The van der Waals surface area contributed by atoms with Gasteiger partial charge < -0.3 is 11.1 Å². The molecule has 2 aliphatic rings. The summed E-state index contributed by atoms with van der Waals surface area (Å²) in [7, 11) is 0. The first kappa shape index (κ1) is 20.6. The van der Waals surface area contributed by atoms with Gasteiger partial charge in [0.1, 0.15) is 0 Å². The molecule has 1 fully saturated rings. The summed E-state index contributed by atoms with van der Waals surface area (Å²) in [6.07, 6.45) is 9.65. The van der Waals surface area contributed by atoms with Crippen LogP contribution in [0, 0.1) is 5.92 Å². The van der Waals surface area contributed by atoms with Gasteiger partial charge in [0.2, 0.25) is 5.91 Å². The summed E-state index contributed by atoms with van der Waals surface area (Å²) in [5.41, 5.74) is 11.8. The molecule has 3 nitrogen and oxygen atoms in total. The van der Waals surface area contributed by atoms with Crippen LogP contribution >= 0.6 is 11.6 Å². The molecule has 0 spiro atoms. The summed E-state index contributed by atoms with van der Waals surface area (Å²) in [5.74, 6) is 0.156. The van der Waals surface area contributed by atoms with Gasteiger partial charge in [0, 0.05) is 10.6 Å². The molecule has 28 heavy (non-hydrogen) atoms. The molecular formula is C24H29ClN2O. The molecule has 148 valence electrons. The summed E-state index contributed by atoms with van der Waals surface area (Å²) in [6.45, 7) is 8.21. The van der Waals surface area contributed by atoms with E-state index in [0.29, 0.717) is 16.5 Å². The third-order valence-electron chi connectivity index (χ3n) is 5.77. The van der Waals surface area contributed by atoms with E-state index in [9.17, 15) is 4.79 Å². The van der Waals surface area contributed by atoms with Crippen LogP contribution in [-0.2, 0) is 4.79 Å². The Morgan fingerprint density at radius 1 is 1.25 bits per heavy atom. The zero-order valence-corrected chi connectivity index (χ0v) is 17.3. The molecule has 0 aromatic heterocycles. The van der Waals surface area contributed by atoms with E-state index in [2.05, 4.69) is 24.0 Å². The first-order valence-electron chi connectivity index (χ1n) is 10.0. The third kappa shape index (κ3) is 4.84. The zero-order valence-electron chi connectivity index (χ0n) is 16.6. The fourth-order valence-electron chi connectivity index (χ4n) is 4.10. The lowest BCUT2D eigenvalue weighted by Gasteiger charge is -2.28. The number of carbonyl (C=O) groups excluding carboxylic acids is 1. The highest BCUT2D eigenvalue weighted by Crippen LogP contribution is 2.39. The zero-order chi connectivity index (χ0) is 20.1. The van der Waals surface area contributed by atoms with Crippen LogP contribution in [0.4, 0.5) is 0 Å². The standard InChI is InChI=1S/C24H29ClN2O/c1-16(18-7-9-20(25)10-8-18)15-23-21(17(2)24(26)28)5-3-4-6-22(23)19-11-13-27-14-12-19/h6-10,15,19,27H,1,3-5,11-14H2,2H3,(H2,26,28)/b21-17+,23-15+. The quantitative estimate of drug-likeness (QED) is 0.688. The lowest BCUT2D eigenvalue weighted by Crippen LogP contribution is -2.29. The summed E-state index contributed by atoms with van der Waals surface area (Å²) >= 11 is 6.04. The van der Waals surface area contributed by atoms with Crippen molar-refractivity contribution in [3.63, 3.8) is 0 Å². The van der Waals surface area contributed by atoms with E-state index in [1.165, 1.54) is 5.57 Å². The second-order valence-corrected chi connectivity index (χ2v) is 8.07. The van der Waals surface area contributed by atoms with E-state index in [4.69, 9.17) is 17.3 Å². The summed E-state index contributed by atoms with van der Waals surface area (Å²) in [5, 5.41) is 4.15. The van der Waals surface area contributed by atoms with Gasteiger partial charge in [-0.15, -0.1) is 0 Å². The molecule has 3 N–H and O–H groups in total. The van der Waals surface area contributed by atoms with Crippen molar-refractivity contribution >= 4 is 23.1 Å². The third-order valence-corrected chi connectivity index (χ3v) is 6.02. The molecule has 0 radical (unpaired) electrons. The minimum atomic E-state index is -0.343. The van der Waals surface area contributed by atoms with Crippen molar-refractivity contribution in [2.24, 2.45) is 11.7 Å². The molecule has 1 aromatic rings. The summed E-state index contributed by atoms with van der Waals surface area (Å²) < 4.78 is 0. The Labute approximate surface area is 173 Å². The van der Waals surface area contributed by atoms with Crippen LogP contribution in [0.15, 0.2) is 65.3 Å². The Hall–Kier alpha value is -2.10. The van der Waals surface area contributed by atoms with Crippen LogP contribution in [0.2, 0.25) is 5.02 Å². The molecule has 0 bridgehead atoms. The minimum Gasteiger partial charge on any atom is -0.366 e. The highest BCUT2D eigenvalue weighted by atomic mass is 35.5. The maximum absolute atomic E-state index is 12.0. The lowest BCUT2D eigenvalue weighted by molar-refractivity contribution is -0.114.